The highest BCUT2D eigenvalue weighted by molar-refractivity contribution is 5.74. The van der Waals surface area contributed by atoms with Gasteiger partial charge in [0.25, 0.3) is 0 Å². The molecule has 10 heavy (non-hydrogen) atoms. The Morgan fingerprint density at radius 1 is 1.70 bits per heavy atom. The standard InChI is InChI=1S/C8H13NO/c9-8(10)6-7-4-2-1-3-5-7/h2,4,7H,1,3,5-6H2,(H2,9,10). The molecular weight excluding hydrogens is 126 g/mol. The highest BCUT2D eigenvalue weighted by atomic mass is 16.1. The molecule has 0 radical (unpaired) electrons. The van der Waals surface area contributed by atoms with Crippen molar-refractivity contribution in [1.29, 1.82) is 0 Å². The summed E-state index contributed by atoms with van der Waals surface area (Å²) < 4.78 is 0. The Morgan fingerprint density at radius 3 is 3.00 bits per heavy atom. The minimum Gasteiger partial charge on any atom is -0.370 e. The van der Waals surface area contributed by atoms with Gasteiger partial charge in [-0.05, 0) is 25.2 Å². The lowest BCUT2D eigenvalue weighted by Gasteiger charge is -2.13. The molecule has 1 unspecified atom stereocenters. The fraction of sp³-hybridized carbons (Fsp3) is 0.625. The molecule has 1 aliphatic rings. The Morgan fingerprint density at radius 2 is 2.50 bits per heavy atom. The first-order chi connectivity index (χ1) is 4.79. The Labute approximate surface area is 61.1 Å². The van der Waals surface area contributed by atoms with E-state index >= 15 is 0 Å². The van der Waals surface area contributed by atoms with Crippen molar-refractivity contribution in [3.63, 3.8) is 0 Å². The third-order valence-corrected chi connectivity index (χ3v) is 1.82. The van der Waals surface area contributed by atoms with Crippen LogP contribution in [0.25, 0.3) is 0 Å². The molecule has 1 atom stereocenters. The van der Waals surface area contributed by atoms with Gasteiger partial charge in [-0.1, -0.05) is 12.2 Å². The first kappa shape index (κ1) is 7.32. The van der Waals surface area contributed by atoms with Crippen molar-refractivity contribution in [2.45, 2.75) is 25.7 Å². The Kier molecular flexibility index (Phi) is 2.49. The first-order valence-electron chi connectivity index (χ1n) is 3.74. The molecule has 1 rings (SSSR count). The third-order valence-electron chi connectivity index (χ3n) is 1.82. The molecule has 0 saturated heterocycles. The van der Waals surface area contributed by atoms with Gasteiger partial charge in [-0.2, -0.15) is 0 Å². The van der Waals surface area contributed by atoms with Crippen LogP contribution in [-0.4, -0.2) is 5.91 Å². The molecule has 0 bridgehead atoms. The summed E-state index contributed by atoms with van der Waals surface area (Å²) in [5.74, 6) is 0.239. The van der Waals surface area contributed by atoms with Crippen LogP contribution < -0.4 is 5.73 Å². The summed E-state index contributed by atoms with van der Waals surface area (Å²) in [6, 6.07) is 0. The fourth-order valence-corrected chi connectivity index (χ4v) is 1.31. The van der Waals surface area contributed by atoms with Crippen molar-refractivity contribution in [3.05, 3.63) is 12.2 Å². The monoisotopic (exact) mass is 139 g/mol. The van der Waals surface area contributed by atoms with E-state index in [9.17, 15) is 4.79 Å². The average Bonchev–Trinajstić information content (AvgIpc) is 1.88. The van der Waals surface area contributed by atoms with Gasteiger partial charge in [0.2, 0.25) is 5.91 Å². The van der Waals surface area contributed by atoms with Gasteiger partial charge in [-0.15, -0.1) is 0 Å². The number of carbonyl (C=O) groups is 1. The minimum absolute atomic E-state index is 0.184. The van der Waals surface area contributed by atoms with Crippen LogP contribution in [0.5, 0.6) is 0 Å². The normalized spacial score (nSPS) is 24.6. The van der Waals surface area contributed by atoms with Gasteiger partial charge in [-0.25, -0.2) is 0 Å². The van der Waals surface area contributed by atoms with Crippen molar-refractivity contribution in [2.75, 3.05) is 0 Å². The van der Waals surface area contributed by atoms with Crippen LogP contribution in [0.1, 0.15) is 25.7 Å². The van der Waals surface area contributed by atoms with Crippen molar-refractivity contribution >= 4 is 5.91 Å². The highest BCUT2D eigenvalue weighted by Crippen LogP contribution is 2.19. The molecule has 0 spiro atoms. The summed E-state index contributed by atoms with van der Waals surface area (Å²) in [5.41, 5.74) is 5.05. The predicted octanol–water partition coefficient (Wildman–Crippen LogP) is 1.22. The molecule has 2 nitrogen and oxygen atoms in total. The average molecular weight is 139 g/mol. The number of allylic oxidation sites excluding steroid dienone is 2. The summed E-state index contributed by atoms with van der Waals surface area (Å²) >= 11 is 0. The molecule has 0 saturated carbocycles. The van der Waals surface area contributed by atoms with Crippen LogP contribution in [0.2, 0.25) is 0 Å². The summed E-state index contributed by atoms with van der Waals surface area (Å²) in [4.78, 5) is 10.5. The molecular formula is C8H13NO. The largest absolute Gasteiger partial charge is 0.370 e. The number of primary amides is 1. The Hall–Kier alpha value is -0.790. The summed E-state index contributed by atoms with van der Waals surface area (Å²) in [6.45, 7) is 0. The van der Waals surface area contributed by atoms with Crippen LogP contribution in [0, 0.1) is 5.92 Å². The fourth-order valence-electron chi connectivity index (χ4n) is 1.31. The lowest BCUT2D eigenvalue weighted by molar-refractivity contribution is -0.118. The molecule has 2 N–H and O–H groups in total. The van der Waals surface area contributed by atoms with Crippen LogP contribution in [-0.2, 0) is 4.79 Å². The highest BCUT2D eigenvalue weighted by Gasteiger charge is 2.10. The van der Waals surface area contributed by atoms with Crippen molar-refractivity contribution in [2.24, 2.45) is 11.7 Å². The van der Waals surface area contributed by atoms with E-state index in [0.29, 0.717) is 12.3 Å². The van der Waals surface area contributed by atoms with Gasteiger partial charge in [0, 0.05) is 6.42 Å². The van der Waals surface area contributed by atoms with E-state index in [1.165, 1.54) is 6.42 Å². The topological polar surface area (TPSA) is 43.1 Å². The number of nitrogens with two attached hydrogens (primary N) is 1. The summed E-state index contributed by atoms with van der Waals surface area (Å²) in [6.07, 6.45) is 8.25. The molecule has 1 aliphatic carbocycles. The zero-order valence-corrected chi connectivity index (χ0v) is 6.05. The molecule has 2 heteroatoms. The van der Waals surface area contributed by atoms with Crippen molar-refractivity contribution < 1.29 is 4.79 Å². The van der Waals surface area contributed by atoms with Gasteiger partial charge >= 0.3 is 0 Å². The maximum Gasteiger partial charge on any atom is 0.218 e. The molecule has 1 amide bonds. The quantitative estimate of drug-likeness (QED) is 0.574. The molecule has 0 aliphatic heterocycles. The molecule has 0 aromatic rings. The van der Waals surface area contributed by atoms with Gasteiger partial charge in [0.05, 0.1) is 0 Å². The Bertz CT molecular complexity index is 151. The van der Waals surface area contributed by atoms with E-state index in [2.05, 4.69) is 12.2 Å². The zero-order chi connectivity index (χ0) is 7.40. The lowest BCUT2D eigenvalue weighted by atomic mass is 9.93. The van der Waals surface area contributed by atoms with E-state index in [0.717, 1.165) is 12.8 Å². The number of hydrogen-bond donors (Lipinski definition) is 1. The number of rotatable bonds is 2. The van der Waals surface area contributed by atoms with Crippen LogP contribution >= 0.6 is 0 Å². The Balaban J connectivity index is 2.33. The second-order valence-electron chi connectivity index (χ2n) is 2.79. The minimum atomic E-state index is -0.184. The number of hydrogen-bond acceptors (Lipinski definition) is 1. The SMILES string of the molecule is NC(=O)CC1C=CCCC1. The molecule has 0 fully saturated rings. The summed E-state index contributed by atoms with van der Waals surface area (Å²) in [7, 11) is 0. The summed E-state index contributed by atoms with van der Waals surface area (Å²) in [5, 5.41) is 0. The molecule has 0 heterocycles. The van der Waals surface area contributed by atoms with E-state index in [-0.39, 0.29) is 5.91 Å². The second-order valence-corrected chi connectivity index (χ2v) is 2.79. The zero-order valence-electron chi connectivity index (χ0n) is 6.05. The van der Waals surface area contributed by atoms with Gasteiger partial charge in [-0.3, -0.25) is 4.79 Å². The number of amides is 1. The third kappa shape index (κ3) is 2.21. The van der Waals surface area contributed by atoms with Crippen LogP contribution in [0.3, 0.4) is 0 Å². The van der Waals surface area contributed by atoms with Crippen LogP contribution in [0.15, 0.2) is 12.2 Å². The van der Waals surface area contributed by atoms with E-state index in [1.807, 2.05) is 0 Å². The second kappa shape index (κ2) is 3.40. The van der Waals surface area contributed by atoms with E-state index in [4.69, 9.17) is 5.73 Å². The maximum atomic E-state index is 10.5. The molecule has 0 aromatic heterocycles. The van der Waals surface area contributed by atoms with E-state index < -0.39 is 0 Å². The van der Waals surface area contributed by atoms with Crippen molar-refractivity contribution in [3.8, 4) is 0 Å². The van der Waals surface area contributed by atoms with Crippen LogP contribution in [0.4, 0.5) is 0 Å². The maximum absolute atomic E-state index is 10.5. The van der Waals surface area contributed by atoms with Gasteiger partial charge < -0.3 is 5.73 Å². The van der Waals surface area contributed by atoms with Gasteiger partial charge in [0.15, 0.2) is 0 Å². The molecule has 0 aromatic carbocycles. The van der Waals surface area contributed by atoms with E-state index in [1.54, 1.807) is 0 Å². The number of carbonyl (C=O) groups excluding carboxylic acids is 1. The van der Waals surface area contributed by atoms with Gasteiger partial charge in [0.1, 0.15) is 0 Å². The lowest BCUT2D eigenvalue weighted by Crippen LogP contribution is -2.16. The first-order valence-corrected chi connectivity index (χ1v) is 3.74. The molecule has 56 valence electrons. The smallest absolute Gasteiger partial charge is 0.218 e. The van der Waals surface area contributed by atoms with Crippen molar-refractivity contribution in [1.82, 2.24) is 0 Å². The predicted molar refractivity (Wildman–Crippen MR) is 40.3 cm³/mol.